The van der Waals surface area contributed by atoms with Crippen molar-refractivity contribution in [1.82, 2.24) is 15.0 Å². The van der Waals surface area contributed by atoms with Crippen molar-refractivity contribution in [3.05, 3.63) is 46.7 Å². The van der Waals surface area contributed by atoms with Crippen molar-refractivity contribution in [2.45, 2.75) is 46.5 Å². The molecule has 0 spiro atoms. The predicted octanol–water partition coefficient (Wildman–Crippen LogP) is 3.50. The van der Waals surface area contributed by atoms with Gasteiger partial charge in [0.05, 0.1) is 5.69 Å². The first-order valence-electron chi connectivity index (χ1n) is 7.54. The molecule has 0 unspecified atom stereocenters. The van der Waals surface area contributed by atoms with Crippen LogP contribution in [0.1, 0.15) is 55.0 Å². The Hall–Kier alpha value is -1.97. The number of anilines is 1. The van der Waals surface area contributed by atoms with Crippen molar-refractivity contribution in [3.8, 4) is 0 Å². The van der Waals surface area contributed by atoms with E-state index in [0.717, 1.165) is 41.4 Å². The molecule has 2 heterocycles. The van der Waals surface area contributed by atoms with Crippen LogP contribution < -0.4 is 5.32 Å². The highest BCUT2D eigenvalue weighted by Crippen LogP contribution is 2.21. The topological polar surface area (TPSA) is 50.7 Å². The molecule has 2 aromatic heterocycles. The summed E-state index contributed by atoms with van der Waals surface area (Å²) in [5, 5.41) is 3.16. The van der Waals surface area contributed by atoms with E-state index >= 15 is 0 Å². The lowest BCUT2D eigenvalue weighted by Crippen LogP contribution is -2.09. The summed E-state index contributed by atoms with van der Waals surface area (Å²) in [4.78, 5) is 13.8. The van der Waals surface area contributed by atoms with Crippen molar-refractivity contribution in [3.63, 3.8) is 0 Å². The molecule has 4 heteroatoms. The summed E-state index contributed by atoms with van der Waals surface area (Å²) in [5.74, 6) is 2.10. The second-order valence-corrected chi connectivity index (χ2v) is 5.59. The van der Waals surface area contributed by atoms with Crippen molar-refractivity contribution in [2.24, 2.45) is 0 Å². The highest BCUT2D eigenvalue weighted by Gasteiger charge is 2.13. The van der Waals surface area contributed by atoms with Crippen LogP contribution in [0.5, 0.6) is 0 Å². The minimum absolute atomic E-state index is 0.312. The molecule has 0 saturated carbocycles. The quantitative estimate of drug-likeness (QED) is 0.913. The molecule has 4 nitrogen and oxygen atoms in total. The molecular weight excluding hydrogens is 260 g/mol. The lowest BCUT2D eigenvalue weighted by molar-refractivity contribution is 0.756. The van der Waals surface area contributed by atoms with Crippen molar-refractivity contribution < 1.29 is 0 Å². The van der Waals surface area contributed by atoms with Gasteiger partial charge in [-0.3, -0.25) is 4.98 Å². The zero-order chi connectivity index (χ0) is 15.4. The van der Waals surface area contributed by atoms with Gasteiger partial charge in [-0.05, 0) is 25.0 Å². The zero-order valence-electron chi connectivity index (χ0n) is 13.6. The van der Waals surface area contributed by atoms with Gasteiger partial charge in [0.1, 0.15) is 11.6 Å². The van der Waals surface area contributed by atoms with Gasteiger partial charge in [0.2, 0.25) is 0 Å². The Labute approximate surface area is 127 Å². The Morgan fingerprint density at radius 2 is 1.95 bits per heavy atom. The Morgan fingerprint density at radius 3 is 2.48 bits per heavy atom. The van der Waals surface area contributed by atoms with E-state index in [2.05, 4.69) is 55.1 Å². The first-order chi connectivity index (χ1) is 10.0. The predicted molar refractivity (Wildman–Crippen MR) is 86.8 cm³/mol. The van der Waals surface area contributed by atoms with Crippen molar-refractivity contribution in [2.75, 3.05) is 12.4 Å². The number of rotatable bonds is 5. The van der Waals surface area contributed by atoms with Crippen LogP contribution >= 0.6 is 0 Å². The van der Waals surface area contributed by atoms with Gasteiger partial charge in [0, 0.05) is 36.8 Å². The van der Waals surface area contributed by atoms with Gasteiger partial charge >= 0.3 is 0 Å². The molecular formula is C17H24N4. The number of aromatic nitrogens is 3. The maximum atomic E-state index is 4.73. The molecule has 21 heavy (non-hydrogen) atoms. The van der Waals surface area contributed by atoms with E-state index in [9.17, 15) is 0 Å². The van der Waals surface area contributed by atoms with Gasteiger partial charge in [0.25, 0.3) is 0 Å². The number of nitrogens with one attached hydrogen (secondary N) is 1. The third-order valence-electron chi connectivity index (χ3n) is 3.66. The fourth-order valence-corrected chi connectivity index (χ4v) is 2.20. The summed E-state index contributed by atoms with van der Waals surface area (Å²) in [7, 11) is 1.90. The standard InChI is InChI=1S/C17H24N4/c1-6-13-7-8-14(19-10-13)9-15-12(4)17(18-5)21-16(20-15)11(2)3/h7-8,10-11H,6,9H2,1-5H3,(H,18,20,21). The molecule has 0 amide bonds. The fraction of sp³-hybridized carbons (Fsp3) is 0.471. The normalized spacial score (nSPS) is 11.0. The van der Waals surface area contributed by atoms with Gasteiger partial charge < -0.3 is 5.32 Å². The summed E-state index contributed by atoms with van der Waals surface area (Å²) in [6, 6.07) is 4.23. The van der Waals surface area contributed by atoms with E-state index in [1.165, 1.54) is 5.56 Å². The Morgan fingerprint density at radius 1 is 1.19 bits per heavy atom. The molecule has 0 atom stereocenters. The molecule has 0 radical (unpaired) electrons. The molecule has 0 saturated heterocycles. The Balaban J connectivity index is 2.35. The summed E-state index contributed by atoms with van der Waals surface area (Å²) in [6.07, 6.45) is 3.71. The molecule has 0 aliphatic carbocycles. The lowest BCUT2D eigenvalue weighted by atomic mass is 10.1. The van der Waals surface area contributed by atoms with Crippen LogP contribution in [0.2, 0.25) is 0 Å². The molecule has 0 aromatic carbocycles. The van der Waals surface area contributed by atoms with Crippen LogP contribution in [0, 0.1) is 6.92 Å². The highest BCUT2D eigenvalue weighted by atomic mass is 15.0. The maximum absolute atomic E-state index is 4.73. The molecule has 0 fully saturated rings. The van der Waals surface area contributed by atoms with Crippen molar-refractivity contribution in [1.29, 1.82) is 0 Å². The summed E-state index contributed by atoms with van der Waals surface area (Å²) >= 11 is 0. The zero-order valence-corrected chi connectivity index (χ0v) is 13.6. The number of aryl methyl sites for hydroxylation is 1. The average Bonchev–Trinajstić information content (AvgIpc) is 2.49. The highest BCUT2D eigenvalue weighted by molar-refractivity contribution is 5.46. The second-order valence-electron chi connectivity index (χ2n) is 5.59. The first-order valence-corrected chi connectivity index (χ1v) is 7.54. The summed E-state index contributed by atoms with van der Waals surface area (Å²) in [6.45, 7) is 8.43. The number of pyridine rings is 1. The Kier molecular flexibility index (Phi) is 4.89. The minimum Gasteiger partial charge on any atom is -0.373 e. The maximum Gasteiger partial charge on any atom is 0.133 e. The average molecular weight is 284 g/mol. The number of nitrogens with zero attached hydrogens (tertiary/aromatic N) is 3. The molecule has 0 aliphatic heterocycles. The number of hydrogen-bond acceptors (Lipinski definition) is 4. The number of hydrogen-bond donors (Lipinski definition) is 1. The van der Waals surface area contributed by atoms with Crippen LogP contribution in [-0.2, 0) is 12.8 Å². The smallest absolute Gasteiger partial charge is 0.133 e. The SMILES string of the molecule is CCc1ccc(Cc2nc(C(C)C)nc(NC)c2C)nc1. The van der Waals surface area contributed by atoms with Crippen LogP contribution in [0.25, 0.3) is 0 Å². The largest absolute Gasteiger partial charge is 0.373 e. The van der Waals surface area contributed by atoms with E-state index < -0.39 is 0 Å². The van der Waals surface area contributed by atoms with E-state index in [4.69, 9.17) is 4.98 Å². The second kappa shape index (κ2) is 6.66. The third-order valence-corrected chi connectivity index (χ3v) is 3.66. The van der Waals surface area contributed by atoms with Gasteiger partial charge in [-0.15, -0.1) is 0 Å². The van der Waals surface area contributed by atoms with Gasteiger partial charge in [-0.25, -0.2) is 9.97 Å². The van der Waals surface area contributed by atoms with E-state index in [0.29, 0.717) is 5.92 Å². The van der Waals surface area contributed by atoms with Gasteiger partial charge in [0.15, 0.2) is 0 Å². The first kappa shape index (κ1) is 15.4. The molecule has 1 N–H and O–H groups in total. The van der Waals surface area contributed by atoms with Crippen LogP contribution in [0.3, 0.4) is 0 Å². The molecule has 112 valence electrons. The Bertz CT molecular complexity index is 603. The van der Waals surface area contributed by atoms with Gasteiger partial charge in [-0.1, -0.05) is 26.8 Å². The summed E-state index contributed by atoms with van der Waals surface area (Å²) in [5.41, 5.74) is 4.46. The van der Waals surface area contributed by atoms with Crippen LogP contribution in [-0.4, -0.2) is 22.0 Å². The third kappa shape index (κ3) is 3.57. The summed E-state index contributed by atoms with van der Waals surface area (Å²) < 4.78 is 0. The van der Waals surface area contributed by atoms with E-state index in [-0.39, 0.29) is 0 Å². The van der Waals surface area contributed by atoms with Gasteiger partial charge in [-0.2, -0.15) is 0 Å². The molecule has 2 aromatic rings. The monoisotopic (exact) mass is 284 g/mol. The van der Waals surface area contributed by atoms with Crippen molar-refractivity contribution >= 4 is 5.82 Å². The van der Waals surface area contributed by atoms with E-state index in [1.807, 2.05) is 13.2 Å². The molecule has 2 rings (SSSR count). The van der Waals surface area contributed by atoms with Crippen LogP contribution in [0.4, 0.5) is 5.82 Å². The van der Waals surface area contributed by atoms with E-state index in [1.54, 1.807) is 0 Å². The van der Waals surface area contributed by atoms with Crippen LogP contribution in [0.15, 0.2) is 18.3 Å². The fourth-order valence-electron chi connectivity index (χ4n) is 2.20. The molecule has 0 aliphatic rings. The molecule has 0 bridgehead atoms. The lowest BCUT2D eigenvalue weighted by Gasteiger charge is -2.13. The minimum atomic E-state index is 0.312.